The van der Waals surface area contributed by atoms with Crippen LogP contribution < -0.4 is 14.9 Å². The molecule has 0 saturated carbocycles. The molecule has 1 heterocycles. The number of methoxy groups -OCH3 is 2. The van der Waals surface area contributed by atoms with Crippen molar-refractivity contribution in [2.75, 3.05) is 27.4 Å². The van der Waals surface area contributed by atoms with Gasteiger partial charge in [0.05, 0.1) is 25.2 Å². The number of benzene rings is 2. The van der Waals surface area contributed by atoms with Gasteiger partial charge in [0.2, 0.25) is 5.43 Å². The molecular weight excluding hydrogens is 392 g/mol. The minimum absolute atomic E-state index is 0.201. The lowest BCUT2D eigenvalue weighted by Crippen LogP contribution is -2.13. The zero-order valence-electron chi connectivity index (χ0n) is 16.7. The summed E-state index contributed by atoms with van der Waals surface area (Å²) in [5.41, 5.74) is 1.83. The van der Waals surface area contributed by atoms with E-state index < -0.39 is 11.9 Å². The number of aryl methyl sites for hydroxylation is 1. The molecule has 30 heavy (non-hydrogen) atoms. The third-order valence-electron chi connectivity index (χ3n) is 4.39. The van der Waals surface area contributed by atoms with Crippen molar-refractivity contribution in [2.24, 2.45) is 0 Å². The fraction of sp³-hybridized carbons (Fsp3) is 0.227. The van der Waals surface area contributed by atoms with Crippen LogP contribution in [0.25, 0.3) is 22.1 Å². The van der Waals surface area contributed by atoms with Crippen LogP contribution >= 0.6 is 0 Å². The summed E-state index contributed by atoms with van der Waals surface area (Å²) in [6.07, 6.45) is 1.37. The molecule has 156 valence electrons. The van der Waals surface area contributed by atoms with Crippen molar-refractivity contribution in [3.8, 4) is 22.6 Å². The van der Waals surface area contributed by atoms with Gasteiger partial charge in [-0.05, 0) is 36.2 Å². The maximum Gasteiger partial charge on any atom is 0.343 e. The van der Waals surface area contributed by atoms with Gasteiger partial charge in [-0.2, -0.15) is 0 Å². The van der Waals surface area contributed by atoms with E-state index in [1.807, 2.05) is 0 Å². The number of rotatable bonds is 7. The number of hydrogen-bond acceptors (Lipinski definition) is 8. The summed E-state index contributed by atoms with van der Waals surface area (Å²) in [6.45, 7) is 1.33. The van der Waals surface area contributed by atoms with Gasteiger partial charge < -0.3 is 23.4 Å². The van der Waals surface area contributed by atoms with Gasteiger partial charge in [-0.1, -0.05) is 12.1 Å². The molecule has 3 aromatic rings. The summed E-state index contributed by atoms with van der Waals surface area (Å²) < 4.78 is 25.5. The first-order valence-electron chi connectivity index (χ1n) is 8.98. The summed E-state index contributed by atoms with van der Waals surface area (Å²) in [5.74, 6) is -0.0988. The van der Waals surface area contributed by atoms with E-state index in [-0.39, 0.29) is 18.6 Å². The molecule has 0 radical (unpaired) electrons. The van der Waals surface area contributed by atoms with Crippen molar-refractivity contribution in [2.45, 2.75) is 6.92 Å². The fourth-order valence-corrected chi connectivity index (χ4v) is 2.75. The molecule has 0 unspecified atom stereocenters. The summed E-state index contributed by atoms with van der Waals surface area (Å²) in [7, 11) is 2.56. The van der Waals surface area contributed by atoms with Crippen LogP contribution in [0, 0.1) is 6.92 Å². The Labute approximate surface area is 171 Å². The standard InChI is InChI=1S/C22H20O8/c1-13-8-16-19(9-18(13)30-12-21(24)27-3)29-10-17(22(16)25)14-4-6-15(7-5-14)28-11-20(23)26-2/h4-10H,11-12H2,1-3H3. The molecule has 0 saturated heterocycles. The highest BCUT2D eigenvalue weighted by atomic mass is 16.6. The molecule has 2 aromatic carbocycles. The molecule has 0 amide bonds. The predicted molar refractivity (Wildman–Crippen MR) is 108 cm³/mol. The first-order valence-corrected chi connectivity index (χ1v) is 8.98. The van der Waals surface area contributed by atoms with Crippen LogP contribution in [0.5, 0.6) is 11.5 Å². The highest BCUT2D eigenvalue weighted by Gasteiger charge is 2.13. The number of esters is 2. The minimum atomic E-state index is -0.509. The zero-order chi connectivity index (χ0) is 21.7. The third-order valence-corrected chi connectivity index (χ3v) is 4.39. The Hall–Kier alpha value is -3.81. The monoisotopic (exact) mass is 412 g/mol. The summed E-state index contributed by atoms with van der Waals surface area (Å²) in [6, 6.07) is 9.93. The Morgan fingerprint density at radius 2 is 1.57 bits per heavy atom. The zero-order valence-corrected chi connectivity index (χ0v) is 16.7. The average molecular weight is 412 g/mol. The Balaban J connectivity index is 1.87. The molecule has 0 aliphatic heterocycles. The molecule has 3 rings (SSSR count). The predicted octanol–water partition coefficient (Wildman–Crippen LogP) is 2.87. The quantitative estimate of drug-likeness (QED) is 0.546. The van der Waals surface area contributed by atoms with E-state index in [4.69, 9.17) is 13.9 Å². The molecule has 8 nitrogen and oxygen atoms in total. The van der Waals surface area contributed by atoms with Crippen molar-refractivity contribution in [3.63, 3.8) is 0 Å². The van der Waals surface area contributed by atoms with Gasteiger partial charge in [-0.15, -0.1) is 0 Å². The molecule has 8 heteroatoms. The van der Waals surface area contributed by atoms with E-state index in [1.54, 1.807) is 43.3 Å². The summed E-state index contributed by atoms with van der Waals surface area (Å²) >= 11 is 0. The topological polar surface area (TPSA) is 101 Å². The number of hydrogen-bond donors (Lipinski definition) is 0. The molecule has 0 fully saturated rings. The maximum atomic E-state index is 13.0. The Morgan fingerprint density at radius 1 is 0.933 bits per heavy atom. The van der Waals surface area contributed by atoms with E-state index in [0.29, 0.717) is 39.2 Å². The van der Waals surface area contributed by atoms with Crippen molar-refractivity contribution < 1.29 is 33.0 Å². The van der Waals surface area contributed by atoms with E-state index >= 15 is 0 Å². The van der Waals surface area contributed by atoms with Gasteiger partial charge in [0.15, 0.2) is 13.2 Å². The van der Waals surface area contributed by atoms with Crippen LogP contribution in [-0.4, -0.2) is 39.4 Å². The van der Waals surface area contributed by atoms with E-state index in [1.165, 1.54) is 20.5 Å². The van der Waals surface area contributed by atoms with Crippen LogP contribution in [0.15, 0.2) is 51.9 Å². The first kappa shape index (κ1) is 20.9. The minimum Gasteiger partial charge on any atom is -0.482 e. The second kappa shape index (κ2) is 9.13. The van der Waals surface area contributed by atoms with Crippen molar-refractivity contribution >= 4 is 22.9 Å². The molecule has 0 spiro atoms. The molecule has 0 aliphatic carbocycles. The highest BCUT2D eigenvalue weighted by molar-refractivity contribution is 5.84. The summed E-state index contributed by atoms with van der Waals surface area (Å²) in [5, 5.41) is 0.390. The van der Waals surface area contributed by atoms with Crippen molar-refractivity contribution in [1.29, 1.82) is 0 Å². The van der Waals surface area contributed by atoms with Gasteiger partial charge in [-0.3, -0.25) is 4.79 Å². The lowest BCUT2D eigenvalue weighted by molar-refractivity contribution is -0.143. The smallest absolute Gasteiger partial charge is 0.343 e. The Bertz CT molecular complexity index is 1130. The van der Waals surface area contributed by atoms with Gasteiger partial charge >= 0.3 is 11.9 Å². The molecule has 0 bridgehead atoms. The van der Waals surface area contributed by atoms with Crippen LogP contribution in [0.4, 0.5) is 0 Å². The van der Waals surface area contributed by atoms with E-state index in [2.05, 4.69) is 9.47 Å². The second-order valence-electron chi connectivity index (χ2n) is 6.35. The lowest BCUT2D eigenvalue weighted by atomic mass is 10.0. The third kappa shape index (κ3) is 4.60. The Kier molecular flexibility index (Phi) is 6.36. The molecule has 1 aromatic heterocycles. The SMILES string of the molecule is COC(=O)COc1ccc(-c2coc3cc(OCC(=O)OC)c(C)cc3c2=O)cc1. The maximum absolute atomic E-state index is 13.0. The lowest BCUT2D eigenvalue weighted by Gasteiger charge is -2.10. The number of fused-ring (bicyclic) bond motifs is 1. The van der Waals surface area contributed by atoms with Gasteiger partial charge in [0.1, 0.15) is 23.3 Å². The van der Waals surface area contributed by atoms with Gasteiger partial charge in [0.25, 0.3) is 0 Å². The van der Waals surface area contributed by atoms with Crippen LogP contribution in [-0.2, 0) is 19.1 Å². The van der Waals surface area contributed by atoms with Crippen LogP contribution in [0.1, 0.15) is 5.56 Å². The number of ether oxygens (including phenoxy) is 4. The molecule has 0 atom stereocenters. The average Bonchev–Trinajstić information content (AvgIpc) is 2.77. The second-order valence-corrected chi connectivity index (χ2v) is 6.35. The normalized spacial score (nSPS) is 10.5. The van der Waals surface area contributed by atoms with E-state index in [0.717, 1.165) is 0 Å². The molecule has 0 aliphatic rings. The number of carbonyl (C=O) groups excluding carboxylic acids is 2. The number of carbonyl (C=O) groups is 2. The first-order chi connectivity index (χ1) is 14.4. The van der Waals surface area contributed by atoms with Gasteiger partial charge in [-0.25, -0.2) is 9.59 Å². The van der Waals surface area contributed by atoms with Gasteiger partial charge in [0, 0.05) is 6.07 Å². The van der Waals surface area contributed by atoms with Crippen LogP contribution in [0.3, 0.4) is 0 Å². The summed E-state index contributed by atoms with van der Waals surface area (Å²) in [4.78, 5) is 35.4. The van der Waals surface area contributed by atoms with Crippen molar-refractivity contribution in [3.05, 3.63) is 58.4 Å². The van der Waals surface area contributed by atoms with E-state index in [9.17, 15) is 14.4 Å². The molecule has 0 N–H and O–H groups in total. The van der Waals surface area contributed by atoms with Crippen LogP contribution in [0.2, 0.25) is 0 Å². The largest absolute Gasteiger partial charge is 0.482 e. The fourth-order valence-electron chi connectivity index (χ4n) is 2.75. The molecular formula is C22H20O8. The Morgan fingerprint density at radius 3 is 2.20 bits per heavy atom. The van der Waals surface area contributed by atoms with Crippen molar-refractivity contribution in [1.82, 2.24) is 0 Å². The highest BCUT2D eigenvalue weighted by Crippen LogP contribution is 2.27.